The van der Waals surface area contributed by atoms with Gasteiger partial charge >= 0.3 is 0 Å². The molecular formula is C60H73BrN10O2S2. The number of nitrogens with zero attached hydrogens (tertiary/aromatic N) is 10. The molecule has 0 unspecified atom stereocenters. The summed E-state index contributed by atoms with van der Waals surface area (Å²) in [5, 5.41) is 4.55. The fourth-order valence-electron chi connectivity index (χ4n) is 9.82. The topological polar surface area (TPSA) is 128 Å². The minimum atomic E-state index is 0.0553. The van der Waals surface area contributed by atoms with Gasteiger partial charge in [-0.3, -0.25) is 9.59 Å². The Morgan fingerprint density at radius 2 is 0.973 bits per heavy atom. The summed E-state index contributed by atoms with van der Waals surface area (Å²) in [7, 11) is 0. The van der Waals surface area contributed by atoms with Gasteiger partial charge < -0.3 is 18.9 Å². The Morgan fingerprint density at radius 3 is 1.40 bits per heavy atom. The van der Waals surface area contributed by atoms with Crippen LogP contribution in [0.4, 0.5) is 0 Å². The van der Waals surface area contributed by atoms with Crippen molar-refractivity contribution in [2.45, 2.75) is 155 Å². The Hall–Kier alpha value is -5.64. The van der Waals surface area contributed by atoms with Crippen molar-refractivity contribution in [1.29, 1.82) is 0 Å². The number of fused-ring (bicyclic) bond motifs is 2. The maximum Gasteiger partial charge on any atom is 0.242 e. The number of thiazole rings is 2. The van der Waals surface area contributed by atoms with E-state index < -0.39 is 0 Å². The van der Waals surface area contributed by atoms with E-state index in [1.165, 1.54) is 38.4 Å². The summed E-state index contributed by atoms with van der Waals surface area (Å²) in [4.78, 5) is 57.7. The normalized spacial score (nSPS) is 15.4. The van der Waals surface area contributed by atoms with Crippen molar-refractivity contribution in [1.82, 2.24) is 48.8 Å². The quantitative estimate of drug-likeness (QED) is 0.147. The molecule has 2 saturated heterocycles. The van der Waals surface area contributed by atoms with Crippen LogP contribution in [0.2, 0.25) is 0 Å². The van der Waals surface area contributed by atoms with Crippen LogP contribution in [-0.2, 0) is 44.3 Å². The summed E-state index contributed by atoms with van der Waals surface area (Å²) in [5.41, 5.74) is 13.2. The molecule has 2 fully saturated rings. The van der Waals surface area contributed by atoms with Crippen molar-refractivity contribution >= 4 is 72.7 Å². The highest BCUT2D eigenvalue weighted by atomic mass is 79.9. The molecule has 2 aliphatic rings. The number of rotatable bonds is 8. The van der Waals surface area contributed by atoms with E-state index in [9.17, 15) is 9.59 Å². The SMILES string of the molecule is CC(C)(C)c1cc(-c2csc(C3CCN(C(=O)Cn4cnc5cccnc54)CC3)n2)cc(C(C)(C)C)c1.CC(C)(C)c1cc(-c2nc(C3CCN(C(=O)Cn4cnc5cccnc54)CC3)sc2Br)cc(C(C)(C)C)c1. The van der Waals surface area contributed by atoms with Crippen LogP contribution in [0.5, 0.6) is 0 Å². The Balaban J connectivity index is 0.000000184. The Kier molecular flexibility index (Phi) is 15.5. The van der Waals surface area contributed by atoms with Crippen LogP contribution < -0.4 is 0 Å². The van der Waals surface area contributed by atoms with Crippen molar-refractivity contribution in [3.05, 3.63) is 127 Å². The minimum Gasteiger partial charge on any atom is -0.341 e. The van der Waals surface area contributed by atoms with Crippen molar-refractivity contribution in [3.63, 3.8) is 0 Å². The lowest BCUT2D eigenvalue weighted by atomic mass is 9.79. The molecule has 0 spiro atoms. The van der Waals surface area contributed by atoms with E-state index in [1.807, 2.05) is 43.2 Å². The Labute approximate surface area is 459 Å². The first-order valence-electron chi connectivity index (χ1n) is 26.4. The lowest BCUT2D eigenvalue weighted by Gasteiger charge is -2.31. The Morgan fingerprint density at radius 1 is 0.560 bits per heavy atom. The number of aromatic nitrogens is 8. The van der Waals surface area contributed by atoms with Crippen molar-refractivity contribution in [2.24, 2.45) is 0 Å². The first kappa shape index (κ1) is 54.2. The zero-order chi connectivity index (χ0) is 53.6. The average molecular weight is 1110 g/mol. The highest BCUT2D eigenvalue weighted by Gasteiger charge is 2.30. The third-order valence-electron chi connectivity index (χ3n) is 14.8. The lowest BCUT2D eigenvalue weighted by molar-refractivity contribution is -0.133. The molecule has 15 heteroatoms. The number of hydrogen-bond donors (Lipinski definition) is 0. The number of amides is 2. The number of halogens is 1. The van der Waals surface area contributed by atoms with Gasteiger partial charge in [0, 0.05) is 66.9 Å². The third kappa shape index (κ3) is 12.5. The molecule has 10 rings (SSSR count). The summed E-state index contributed by atoms with van der Waals surface area (Å²) in [6, 6.07) is 21.5. The van der Waals surface area contributed by atoms with Crippen LogP contribution >= 0.6 is 38.6 Å². The second kappa shape index (κ2) is 21.4. The third-order valence-corrected chi connectivity index (χ3v) is 17.7. The standard InChI is InChI=1S/C30H36BrN5OS.C30H37N5OS/c1-29(2,3)21-14-20(15-22(16-21)30(4,5)6)25-26(31)38-28(34-25)19-9-12-35(13-10-19)24(37)17-36-18-33-23-8-7-11-32-27(23)36;1-29(2,3)22-14-21(15-23(16-22)30(4,5)6)25-18-37-28(33-25)20-9-12-34(13-10-20)26(36)17-35-19-32-24-8-7-11-31-27(24)35/h7-8,11,14-16,18-19H,9-10,12-13,17H2,1-6H3;7-8,11,14-16,18-20H,9-10,12-13,17H2,1-6H3. The molecule has 0 saturated carbocycles. The summed E-state index contributed by atoms with van der Waals surface area (Å²) < 4.78 is 4.76. The molecule has 6 aromatic heterocycles. The van der Waals surface area contributed by atoms with Crippen LogP contribution in [0, 0.1) is 0 Å². The lowest BCUT2D eigenvalue weighted by Crippen LogP contribution is -2.39. The first-order chi connectivity index (χ1) is 35.4. The zero-order valence-corrected chi connectivity index (χ0v) is 49.1. The smallest absolute Gasteiger partial charge is 0.242 e. The molecule has 0 aliphatic carbocycles. The summed E-state index contributed by atoms with van der Waals surface area (Å²) in [6.07, 6.45) is 10.6. The number of likely N-dealkylation sites (tertiary alicyclic amines) is 2. The van der Waals surface area contributed by atoms with Gasteiger partial charge in [0.1, 0.15) is 24.1 Å². The van der Waals surface area contributed by atoms with Gasteiger partial charge in [0.2, 0.25) is 11.8 Å². The molecule has 8 heterocycles. The number of pyridine rings is 2. The molecule has 8 aromatic rings. The predicted octanol–water partition coefficient (Wildman–Crippen LogP) is 13.9. The van der Waals surface area contributed by atoms with Crippen molar-refractivity contribution in [2.75, 3.05) is 26.2 Å². The van der Waals surface area contributed by atoms with Crippen molar-refractivity contribution < 1.29 is 9.59 Å². The molecule has 12 nitrogen and oxygen atoms in total. The zero-order valence-electron chi connectivity index (χ0n) is 45.9. The second-order valence-electron chi connectivity index (χ2n) is 24.6. The minimum absolute atomic E-state index is 0.0553. The molecule has 0 atom stereocenters. The van der Waals surface area contributed by atoms with Crippen LogP contribution in [0.15, 0.2) is 94.9 Å². The first-order valence-corrected chi connectivity index (χ1v) is 28.9. The van der Waals surface area contributed by atoms with Crippen LogP contribution in [0.3, 0.4) is 0 Å². The molecule has 394 valence electrons. The van der Waals surface area contributed by atoms with E-state index in [0.29, 0.717) is 11.8 Å². The maximum absolute atomic E-state index is 13.1. The number of piperidine rings is 2. The van der Waals surface area contributed by atoms with E-state index in [2.05, 4.69) is 161 Å². The number of carbonyl (C=O) groups is 2. The van der Waals surface area contributed by atoms with Gasteiger partial charge in [-0.15, -0.1) is 22.7 Å². The van der Waals surface area contributed by atoms with E-state index >= 15 is 0 Å². The van der Waals surface area contributed by atoms with E-state index in [4.69, 9.17) is 9.97 Å². The highest BCUT2D eigenvalue weighted by Crippen LogP contribution is 2.42. The molecule has 2 amide bonds. The largest absolute Gasteiger partial charge is 0.341 e. The maximum atomic E-state index is 13.1. The molecular weight excluding hydrogens is 1040 g/mol. The molecule has 2 aliphatic heterocycles. The van der Waals surface area contributed by atoms with E-state index in [0.717, 1.165) is 94.4 Å². The number of imidazole rings is 2. The molecule has 0 N–H and O–H groups in total. The van der Waals surface area contributed by atoms with Crippen LogP contribution in [0.25, 0.3) is 44.8 Å². The fraction of sp³-hybridized carbons (Fsp3) is 0.467. The number of hydrogen-bond acceptors (Lipinski definition) is 10. The fourth-order valence-corrected chi connectivity index (χ4v) is 12.6. The van der Waals surface area contributed by atoms with E-state index in [-0.39, 0.29) is 46.6 Å². The van der Waals surface area contributed by atoms with Gasteiger partial charge in [-0.2, -0.15) is 0 Å². The van der Waals surface area contributed by atoms with E-state index in [1.54, 1.807) is 47.7 Å². The van der Waals surface area contributed by atoms with Gasteiger partial charge in [-0.1, -0.05) is 95.2 Å². The Bertz CT molecular complexity index is 3260. The predicted molar refractivity (Wildman–Crippen MR) is 310 cm³/mol. The average Bonchev–Trinajstić information content (AvgIpc) is 4.20. The van der Waals surface area contributed by atoms with Gasteiger partial charge in [0.05, 0.1) is 37.8 Å². The molecule has 0 bridgehead atoms. The van der Waals surface area contributed by atoms with Gasteiger partial charge in [0.15, 0.2) is 11.3 Å². The van der Waals surface area contributed by atoms with Crippen LogP contribution in [-0.4, -0.2) is 86.8 Å². The van der Waals surface area contributed by atoms with Crippen LogP contribution in [0.1, 0.15) is 153 Å². The summed E-state index contributed by atoms with van der Waals surface area (Å²) in [5.74, 6) is 0.990. The van der Waals surface area contributed by atoms with Gasteiger partial charge in [-0.25, -0.2) is 29.9 Å². The number of carbonyl (C=O) groups excluding carboxylic acids is 2. The molecule has 75 heavy (non-hydrogen) atoms. The molecule has 0 radical (unpaired) electrons. The summed E-state index contributed by atoms with van der Waals surface area (Å²) in [6.45, 7) is 30.7. The van der Waals surface area contributed by atoms with Gasteiger partial charge in [0.25, 0.3) is 0 Å². The molecule has 2 aromatic carbocycles. The monoisotopic (exact) mass is 1110 g/mol. The second-order valence-corrected chi connectivity index (χ2v) is 27.8. The highest BCUT2D eigenvalue weighted by molar-refractivity contribution is 9.11. The van der Waals surface area contributed by atoms with Crippen molar-refractivity contribution in [3.8, 4) is 22.5 Å². The van der Waals surface area contributed by atoms with Gasteiger partial charge in [-0.05, 0) is 134 Å². The summed E-state index contributed by atoms with van der Waals surface area (Å²) >= 11 is 7.33. The number of benzene rings is 2.